The number of nitrogens with zero attached hydrogens (tertiary/aromatic N) is 2. The zero-order valence-corrected chi connectivity index (χ0v) is 12.4. The van der Waals surface area contributed by atoms with Gasteiger partial charge in [-0.25, -0.2) is 4.39 Å². The molecule has 5 heteroatoms. The van der Waals surface area contributed by atoms with Crippen LogP contribution in [0.25, 0.3) is 0 Å². The summed E-state index contributed by atoms with van der Waals surface area (Å²) in [5, 5.41) is 4.32. The Kier molecular flexibility index (Phi) is 4.14. The van der Waals surface area contributed by atoms with Gasteiger partial charge in [0.2, 0.25) is 0 Å². The minimum Gasteiger partial charge on any atom is -0.294 e. The monoisotopic (exact) mass is 324 g/mol. The van der Waals surface area contributed by atoms with Crippen molar-refractivity contribution < 1.29 is 9.18 Å². The summed E-state index contributed by atoms with van der Waals surface area (Å²) in [7, 11) is 1.79. The van der Waals surface area contributed by atoms with Gasteiger partial charge in [0.15, 0.2) is 5.78 Å². The van der Waals surface area contributed by atoms with Crippen LogP contribution >= 0.6 is 15.9 Å². The highest BCUT2D eigenvalue weighted by atomic mass is 79.9. The van der Waals surface area contributed by atoms with Crippen LogP contribution in [0.15, 0.2) is 28.7 Å². The highest BCUT2D eigenvalue weighted by Crippen LogP contribution is 2.23. The van der Waals surface area contributed by atoms with E-state index in [0.29, 0.717) is 0 Å². The van der Waals surface area contributed by atoms with Crippen molar-refractivity contribution in [1.82, 2.24) is 9.78 Å². The molecule has 0 bridgehead atoms. The molecule has 0 N–H and O–H groups in total. The van der Waals surface area contributed by atoms with Crippen LogP contribution < -0.4 is 0 Å². The maximum absolute atomic E-state index is 13.6. The second-order valence-electron chi connectivity index (χ2n) is 4.26. The summed E-state index contributed by atoms with van der Waals surface area (Å²) >= 11 is 3.45. The number of carbonyl (C=O) groups excluding carboxylic acids is 1. The highest BCUT2D eigenvalue weighted by Gasteiger charge is 2.18. The van der Waals surface area contributed by atoms with Crippen LogP contribution in [0.1, 0.15) is 28.7 Å². The number of aromatic nitrogens is 2. The van der Waals surface area contributed by atoms with Gasteiger partial charge >= 0.3 is 0 Å². The Labute approximate surface area is 119 Å². The first kappa shape index (κ1) is 13.9. The van der Waals surface area contributed by atoms with Crippen LogP contribution in [-0.4, -0.2) is 15.6 Å². The second kappa shape index (κ2) is 5.65. The first-order valence-corrected chi connectivity index (χ1v) is 6.81. The third-order valence-corrected chi connectivity index (χ3v) is 3.92. The van der Waals surface area contributed by atoms with E-state index in [1.807, 2.05) is 6.92 Å². The number of rotatable bonds is 4. The Morgan fingerprint density at radius 3 is 2.68 bits per heavy atom. The van der Waals surface area contributed by atoms with Gasteiger partial charge in [0, 0.05) is 7.05 Å². The van der Waals surface area contributed by atoms with Crippen molar-refractivity contribution in [3.8, 4) is 0 Å². The van der Waals surface area contributed by atoms with Crippen molar-refractivity contribution in [1.29, 1.82) is 0 Å². The van der Waals surface area contributed by atoms with Crippen molar-refractivity contribution >= 4 is 21.7 Å². The third-order valence-electron chi connectivity index (χ3n) is 3.01. The van der Waals surface area contributed by atoms with Gasteiger partial charge in [-0.1, -0.05) is 19.1 Å². The number of hydrogen-bond acceptors (Lipinski definition) is 2. The molecule has 19 heavy (non-hydrogen) atoms. The SMILES string of the molecule is CCc1nn(C)c(CC(=O)c2ccccc2F)c1Br. The summed E-state index contributed by atoms with van der Waals surface area (Å²) in [6, 6.07) is 6.03. The lowest BCUT2D eigenvalue weighted by Crippen LogP contribution is -2.10. The fourth-order valence-electron chi connectivity index (χ4n) is 1.95. The van der Waals surface area contributed by atoms with E-state index < -0.39 is 5.82 Å². The van der Waals surface area contributed by atoms with Gasteiger partial charge in [-0.15, -0.1) is 0 Å². The quantitative estimate of drug-likeness (QED) is 0.809. The molecule has 1 heterocycles. The van der Waals surface area contributed by atoms with Gasteiger partial charge in [0.25, 0.3) is 0 Å². The zero-order chi connectivity index (χ0) is 14.0. The minimum atomic E-state index is -0.485. The fourth-order valence-corrected chi connectivity index (χ4v) is 2.70. The maximum atomic E-state index is 13.6. The van der Waals surface area contributed by atoms with Gasteiger partial charge in [-0.05, 0) is 34.5 Å². The van der Waals surface area contributed by atoms with Crippen molar-refractivity contribution in [3.05, 3.63) is 51.5 Å². The number of halogens is 2. The normalized spacial score (nSPS) is 10.7. The first-order chi connectivity index (χ1) is 9.04. The molecule has 0 fully saturated rings. The number of benzene rings is 1. The molecule has 0 saturated heterocycles. The molecule has 0 atom stereocenters. The lowest BCUT2D eigenvalue weighted by Gasteiger charge is -2.04. The Hall–Kier alpha value is -1.49. The largest absolute Gasteiger partial charge is 0.294 e. The molecule has 100 valence electrons. The summed E-state index contributed by atoms with van der Waals surface area (Å²) in [5.74, 6) is -0.731. The van der Waals surface area contributed by atoms with Crippen LogP contribution in [0.5, 0.6) is 0 Å². The number of hydrogen-bond donors (Lipinski definition) is 0. The molecule has 0 amide bonds. The lowest BCUT2D eigenvalue weighted by atomic mass is 10.1. The van der Waals surface area contributed by atoms with Crippen molar-refractivity contribution in [2.24, 2.45) is 7.05 Å². The van der Waals surface area contributed by atoms with Crippen molar-refractivity contribution in [2.45, 2.75) is 19.8 Å². The summed E-state index contributed by atoms with van der Waals surface area (Å²) in [4.78, 5) is 12.1. The van der Waals surface area contributed by atoms with E-state index in [-0.39, 0.29) is 17.8 Å². The molecule has 1 aromatic heterocycles. The van der Waals surface area contributed by atoms with Gasteiger partial charge in [0.05, 0.1) is 27.8 Å². The molecule has 0 aliphatic heterocycles. The van der Waals surface area contributed by atoms with Gasteiger partial charge in [-0.2, -0.15) is 5.10 Å². The molecule has 2 rings (SSSR count). The van der Waals surface area contributed by atoms with E-state index >= 15 is 0 Å². The van der Waals surface area contributed by atoms with Crippen molar-refractivity contribution in [2.75, 3.05) is 0 Å². The number of carbonyl (C=O) groups is 1. The van der Waals surface area contributed by atoms with Crippen LogP contribution in [-0.2, 0) is 19.9 Å². The van der Waals surface area contributed by atoms with Crippen LogP contribution in [0.3, 0.4) is 0 Å². The highest BCUT2D eigenvalue weighted by molar-refractivity contribution is 9.10. The average molecular weight is 325 g/mol. The Bertz CT molecular complexity index is 622. The standard InChI is InChI=1S/C14H14BrFN2O/c1-3-11-14(15)12(18(2)17-11)8-13(19)9-6-4-5-7-10(9)16/h4-7H,3,8H2,1-2H3. The molecule has 3 nitrogen and oxygen atoms in total. The van der Waals surface area contributed by atoms with Gasteiger partial charge in [0.1, 0.15) is 5.82 Å². The first-order valence-electron chi connectivity index (χ1n) is 6.02. The summed E-state index contributed by atoms with van der Waals surface area (Å²) in [6.45, 7) is 2.00. The Morgan fingerprint density at radius 2 is 2.11 bits per heavy atom. The summed E-state index contributed by atoms with van der Waals surface area (Å²) < 4.78 is 16.1. The molecule has 0 saturated carbocycles. The number of Topliss-reactive ketones (excluding diaryl/α,β-unsaturated/α-hetero) is 1. The summed E-state index contributed by atoms with van der Waals surface area (Å²) in [6.07, 6.45) is 0.910. The van der Waals surface area contributed by atoms with Crippen LogP contribution in [0.2, 0.25) is 0 Å². The molecule has 0 unspecified atom stereocenters. The molecular formula is C14H14BrFN2O. The van der Waals surface area contributed by atoms with E-state index in [1.54, 1.807) is 23.9 Å². The molecule has 0 aliphatic carbocycles. The topological polar surface area (TPSA) is 34.9 Å². The molecule has 0 aliphatic rings. The maximum Gasteiger partial charge on any atom is 0.171 e. The predicted molar refractivity (Wildman–Crippen MR) is 74.7 cm³/mol. The predicted octanol–water partition coefficient (Wildman–Crippen LogP) is 3.31. The van der Waals surface area contributed by atoms with E-state index in [1.165, 1.54) is 12.1 Å². The van der Waals surface area contributed by atoms with Gasteiger partial charge in [-0.3, -0.25) is 9.48 Å². The number of ketones is 1. The van der Waals surface area contributed by atoms with Crippen LogP contribution in [0.4, 0.5) is 4.39 Å². The smallest absolute Gasteiger partial charge is 0.171 e. The lowest BCUT2D eigenvalue weighted by molar-refractivity contribution is 0.0986. The fraction of sp³-hybridized carbons (Fsp3) is 0.286. The van der Waals surface area contributed by atoms with Crippen LogP contribution in [0, 0.1) is 5.82 Å². The summed E-state index contributed by atoms with van der Waals surface area (Å²) in [5.41, 5.74) is 1.79. The Morgan fingerprint density at radius 1 is 1.42 bits per heavy atom. The third kappa shape index (κ3) is 2.76. The zero-order valence-electron chi connectivity index (χ0n) is 10.8. The van der Waals surface area contributed by atoms with E-state index in [2.05, 4.69) is 21.0 Å². The molecule has 0 radical (unpaired) electrons. The molecule has 2 aromatic rings. The molecular weight excluding hydrogens is 311 g/mol. The molecule has 0 spiro atoms. The number of aryl methyl sites for hydroxylation is 2. The van der Waals surface area contributed by atoms with E-state index in [4.69, 9.17) is 0 Å². The second-order valence-corrected chi connectivity index (χ2v) is 5.06. The molecule has 1 aromatic carbocycles. The van der Waals surface area contributed by atoms with Crippen molar-refractivity contribution in [3.63, 3.8) is 0 Å². The van der Waals surface area contributed by atoms with E-state index in [0.717, 1.165) is 22.3 Å². The van der Waals surface area contributed by atoms with Gasteiger partial charge < -0.3 is 0 Å². The minimum absolute atomic E-state index is 0.119. The van der Waals surface area contributed by atoms with E-state index in [9.17, 15) is 9.18 Å². The average Bonchev–Trinajstić information content (AvgIpc) is 2.66. The Balaban J connectivity index is 2.30.